The van der Waals surface area contributed by atoms with Gasteiger partial charge < -0.3 is 0 Å². The summed E-state index contributed by atoms with van der Waals surface area (Å²) in [6.07, 6.45) is 4.19. The van der Waals surface area contributed by atoms with Crippen molar-refractivity contribution in [3.8, 4) is 0 Å². The molecule has 0 radical (unpaired) electrons. The second kappa shape index (κ2) is 3.83. The molecule has 0 aromatic heterocycles. The SMILES string of the molecule is CC(Br)c1cccc(C2CCC2)c1. The second-order valence-corrected chi connectivity index (χ2v) is 5.29. The Bertz CT molecular complexity index is 287. The molecule has 1 aliphatic rings. The smallest absolute Gasteiger partial charge is 0.0367 e. The van der Waals surface area contributed by atoms with Crippen LogP contribution in [0.25, 0.3) is 0 Å². The highest BCUT2D eigenvalue weighted by Gasteiger charge is 2.19. The van der Waals surface area contributed by atoms with E-state index in [4.69, 9.17) is 0 Å². The number of benzene rings is 1. The molecule has 0 bridgehead atoms. The van der Waals surface area contributed by atoms with Gasteiger partial charge in [-0.25, -0.2) is 0 Å². The van der Waals surface area contributed by atoms with Crippen LogP contribution in [-0.2, 0) is 0 Å². The zero-order chi connectivity index (χ0) is 9.26. The van der Waals surface area contributed by atoms with E-state index in [9.17, 15) is 0 Å². The molecule has 0 nitrogen and oxygen atoms in total. The number of hydrogen-bond acceptors (Lipinski definition) is 0. The quantitative estimate of drug-likeness (QED) is 0.670. The van der Waals surface area contributed by atoms with Gasteiger partial charge in [0.25, 0.3) is 0 Å². The summed E-state index contributed by atoms with van der Waals surface area (Å²) in [6.45, 7) is 2.18. The van der Waals surface area contributed by atoms with Crippen LogP contribution in [0.1, 0.15) is 48.1 Å². The third kappa shape index (κ3) is 1.96. The van der Waals surface area contributed by atoms with Crippen LogP contribution in [0.2, 0.25) is 0 Å². The fraction of sp³-hybridized carbons (Fsp3) is 0.500. The molecule has 13 heavy (non-hydrogen) atoms. The first kappa shape index (κ1) is 9.26. The topological polar surface area (TPSA) is 0 Å². The van der Waals surface area contributed by atoms with Gasteiger partial charge >= 0.3 is 0 Å². The van der Waals surface area contributed by atoms with E-state index in [2.05, 4.69) is 47.1 Å². The van der Waals surface area contributed by atoms with E-state index in [1.165, 1.54) is 30.4 Å². The van der Waals surface area contributed by atoms with Gasteiger partial charge in [0.05, 0.1) is 0 Å². The van der Waals surface area contributed by atoms with Crippen molar-refractivity contribution in [1.29, 1.82) is 0 Å². The molecule has 0 N–H and O–H groups in total. The molecule has 0 amide bonds. The zero-order valence-corrected chi connectivity index (χ0v) is 9.55. The molecule has 1 aromatic rings. The summed E-state index contributed by atoms with van der Waals surface area (Å²) in [6, 6.07) is 8.99. The molecule has 0 saturated heterocycles. The Morgan fingerprint density at radius 1 is 1.38 bits per heavy atom. The molecule has 0 spiro atoms. The van der Waals surface area contributed by atoms with Crippen LogP contribution in [0.3, 0.4) is 0 Å². The maximum absolute atomic E-state index is 3.61. The maximum atomic E-state index is 3.61. The van der Waals surface area contributed by atoms with E-state index in [0.717, 1.165) is 5.92 Å². The first-order valence-electron chi connectivity index (χ1n) is 5.01. The van der Waals surface area contributed by atoms with Gasteiger partial charge in [0.15, 0.2) is 0 Å². The summed E-state index contributed by atoms with van der Waals surface area (Å²) in [7, 11) is 0. The Kier molecular flexibility index (Phi) is 2.73. The second-order valence-electron chi connectivity index (χ2n) is 3.91. The van der Waals surface area contributed by atoms with Crippen molar-refractivity contribution in [3.63, 3.8) is 0 Å². The predicted octanol–water partition coefficient (Wildman–Crippen LogP) is 4.41. The lowest BCUT2D eigenvalue weighted by Gasteiger charge is -2.26. The van der Waals surface area contributed by atoms with Crippen molar-refractivity contribution in [2.45, 2.75) is 36.9 Å². The number of rotatable bonds is 2. The molecule has 1 saturated carbocycles. The third-order valence-corrected chi connectivity index (χ3v) is 3.48. The highest BCUT2D eigenvalue weighted by atomic mass is 79.9. The van der Waals surface area contributed by atoms with Crippen LogP contribution >= 0.6 is 15.9 Å². The Hall–Kier alpha value is -0.300. The molecule has 70 valence electrons. The van der Waals surface area contributed by atoms with Crippen molar-refractivity contribution in [1.82, 2.24) is 0 Å². The summed E-state index contributed by atoms with van der Waals surface area (Å²) < 4.78 is 0. The Labute approximate surface area is 88.5 Å². The minimum absolute atomic E-state index is 0.479. The first-order chi connectivity index (χ1) is 6.27. The zero-order valence-electron chi connectivity index (χ0n) is 7.96. The molecule has 1 aliphatic carbocycles. The highest BCUT2D eigenvalue weighted by molar-refractivity contribution is 9.09. The number of halogens is 1. The summed E-state index contributed by atoms with van der Waals surface area (Å²) in [5.74, 6) is 0.853. The lowest BCUT2D eigenvalue weighted by molar-refractivity contribution is 0.419. The van der Waals surface area contributed by atoms with Gasteiger partial charge in [-0.15, -0.1) is 0 Å². The van der Waals surface area contributed by atoms with Crippen LogP contribution < -0.4 is 0 Å². The molecule has 0 heterocycles. The van der Waals surface area contributed by atoms with E-state index in [1.54, 1.807) is 0 Å². The van der Waals surface area contributed by atoms with Crippen molar-refractivity contribution < 1.29 is 0 Å². The maximum Gasteiger partial charge on any atom is 0.0367 e. The largest absolute Gasteiger partial charge is 0.0842 e. The van der Waals surface area contributed by atoms with Gasteiger partial charge in [0, 0.05) is 4.83 Å². The van der Waals surface area contributed by atoms with Crippen LogP contribution in [0, 0.1) is 0 Å². The van der Waals surface area contributed by atoms with Crippen LogP contribution in [0.4, 0.5) is 0 Å². The van der Waals surface area contributed by atoms with Crippen LogP contribution in [-0.4, -0.2) is 0 Å². The Morgan fingerprint density at radius 3 is 2.69 bits per heavy atom. The molecular formula is C12H15Br. The van der Waals surface area contributed by atoms with Crippen molar-refractivity contribution >= 4 is 15.9 Å². The fourth-order valence-electron chi connectivity index (χ4n) is 1.80. The molecular weight excluding hydrogens is 224 g/mol. The van der Waals surface area contributed by atoms with Crippen molar-refractivity contribution in [3.05, 3.63) is 35.4 Å². The van der Waals surface area contributed by atoms with Gasteiger partial charge in [-0.1, -0.05) is 46.6 Å². The molecule has 1 aromatic carbocycles. The lowest BCUT2D eigenvalue weighted by Crippen LogP contribution is -2.08. The van der Waals surface area contributed by atoms with Crippen molar-refractivity contribution in [2.24, 2.45) is 0 Å². The van der Waals surface area contributed by atoms with E-state index in [1.807, 2.05) is 0 Å². The summed E-state index contributed by atoms with van der Waals surface area (Å²) in [4.78, 5) is 0.479. The van der Waals surface area contributed by atoms with Crippen LogP contribution in [0.15, 0.2) is 24.3 Å². The average Bonchev–Trinajstić information content (AvgIpc) is 2.01. The van der Waals surface area contributed by atoms with Gasteiger partial charge in [-0.2, -0.15) is 0 Å². The van der Waals surface area contributed by atoms with E-state index in [0.29, 0.717) is 4.83 Å². The summed E-state index contributed by atoms with van der Waals surface area (Å²) >= 11 is 3.61. The Balaban J connectivity index is 2.21. The van der Waals surface area contributed by atoms with Crippen molar-refractivity contribution in [2.75, 3.05) is 0 Å². The highest BCUT2D eigenvalue weighted by Crippen LogP contribution is 2.37. The minimum Gasteiger partial charge on any atom is -0.0842 e. The van der Waals surface area contributed by atoms with Gasteiger partial charge in [-0.05, 0) is 36.8 Å². The summed E-state index contributed by atoms with van der Waals surface area (Å²) in [5, 5.41) is 0. The third-order valence-electron chi connectivity index (χ3n) is 2.95. The summed E-state index contributed by atoms with van der Waals surface area (Å²) in [5.41, 5.74) is 2.94. The Morgan fingerprint density at radius 2 is 2.15 bits per heavy atom. The normalized spacial score (nSPS) is 19.5. The molecule has 1 unspecified atom stereocenters. The van der Waals surface area contributed by atoms with E-state index in [-0.39, 0.29) is 0 Å². The van der Waals surface area contributed by atoms with E-state index < -0.39 is 0 Å². The first-order valence-corrected chi connectivity index (χ1v) is 5.93. The molecule has 1 fully saturated rings. The average molecular weight is 239 g/mol. The van der Waals surface area contributed by atoms with Gasteiger partial charge in [0.1, 0.15) is 0 Å². The predicted molar refractivity (Wildman–Crippen MR) is 60.4 cm³/mol. The standard InChI is InChI=1S/C12H15Br/c1-9(13)11-6-3-7-12(8-11)10-4-2-5-10/h3,6-10H,2,4-5H2,1H3. The lowest BCUT2D eigenvalue weighted by atomic mass is 9.79. The van der Waals surface area contributed by atoms with Gasteiger partial charge in [0.2, 0.25) is 0 Å². The fourth-order valence-corrected chi connectivity index (χ4v) is 2.09. The molecule has 2 rings (SSSR count). The van der Waals surface area contributed by atoms with Crippen LogP contribution in [0.5, 0.6) is 0 Å². The van der Waals surface area contributed by atoms with Gasteiger partial charge in [-0.3, -0.25) is 0 Å². The monoisotopic (exact) mass is 238 g/mol. The van der Waals surface area contributed by atoms with E-state index >= 15 is 0 Å². The molecule has 0 aliphatic heterocycles. The minimum atomic E-state index is 0.479. The number of alkyl halides is 1. The number of hydrogen-bond donors (Lipinski definition) is 0. The molecule has 1 atom stereocenters. The molecule has 1 heteroatoms.